The highest BCUT2D eigenvalue weighted by Crippen LogP contribution is 2.28. The number of aryl methyl sites for hydroxylation is 1. The SMILES string of the molecule is CC1(C)CCc2cnc(Cl)nc2N1. The highest BCUT2D eigenvalue weighted by atomic mass is 35.5. The zero-order valence-corrected chi connectivity index (χ0v) is 8.52. The van der Waals surface area contributed by atoms with Crippen LogP contribution in [0.3, 0.4) is 0 Å². The topological polar surface area (TPSA) is 37.8 Å². The van der Waals surface area contributed by atoms with E-state index in [-0.39, 0.29) is 5.54 Å². The average Bonchev–Trinajstić information content (AvgIpc) is 2.01. The molecule has 0 unspecified atom stereocenters. The van der Waals surface area contributed by atoms with Gasteiger partial charge in [-0.15, -0.1) is 0 Å². The third-order valence-electron chi connectivity index (χ3n) is 2.31. The predicted octanol–water partition coefficient (Wildman–Crippen LogP) is 2.27. The molecule has 1 N–H and O–H groups in total. The minimum absolute atomic E-state index is 0.116. The summed E-state index contributed by atoms with van der Waals surface area (Å²) >= 11 is 5.71. The van der Waals surface area contributed by atoms with Crippen molar-refractivity contribution in [2.24, 2.45) is 0 Å². The molecule has 70 valence electrons. The van der Waals surface area contributed by atoms with Gasteiger partial charge in [0.2, 0.25) is 5.28 Å². The van der Waals surface area contributed by atoms with Crippen molar-refractivity contribution >= 4 is 17.4 Å². The molecule has 0 amide bonds. The molecule has 4 heteroatoms. The number of hydrogen-bond acceptors (Lipinski definition) is 3. The standard InChI is InChI=1S/C9H12ClN3/c1-9(2)4-3-6-5-11-8(10)12-7(6)13-9/h5H,3-4H2,1-2H3,(H,11,12,13). The van der Waals surface area contributed by atoms with Crippen molar-refractivity contribution in [2.75, 3.05) is 5.32 Å². The Morgan fingerprint density at radius 3 is 3.08 bits per heavy atom. The number of nitrogens with one attached hydrogen (secondary N) is 1. The maximum Gasteiger partial charge on any atom is 0.224 e. The summed E-state index contributed by atoms with van der Waals surface area (Å²) in [7, 11) is 0. The van der Waals surface area contributed by atoms with Crippen molar-refractivity contribution in [3.63, 3.8) is 0 Å². The van der Waals surface area contributed by atoms with Crippen molar-refractivity contribution in [3.8, 4) is 0 Å². The van der Waals surface area contributed by atoms with Crippen molar-refractivity contribution in [1.29, 1.82) is 0 Å². The van der Waals surface area contributed by atoms with Crippen LogP contribution < -0.4 is 5.32 Å². The summed E-state index contributed by atoms with van der Waals surface area (Å²) < 4.78 is 0. The van der Waals surface area contributed by atoms with Gasteiger partial charge in [-0.2, -0.15) is 0 Å². The molecule has 0 bridgehead atoms. The number of anilines is 1. The van der Waals surface area contributed by atoms with E-state index in [1.54, 1.807) is 6.20 Å². The van der Waals surface area contributed by atoms with E-state index < -0.39 is 0 Å². The molecule has 0 radical (unpaired) electrons. The van der Waals surface area contributed by atoms with Crippen LogP contribution in [-0.2, 0) is 6.42 Å². The summed E-state index contributed by atoms with van der Waals surface area (Å²) in [6.45, 7) is 4.32. The summed E-state index contributed by atoms with van der Waals surface area (Å²) in [6.07, 6.45) is 3.92. The second-order valence-corrected chi connectivity index (χ2v) is 4.36. The lowest BCUT2D eigenvalue weighted by Gasteiger charge is -2.32. The molecule has 2 heterocycles. The van der Waals surface area contributed by atoms with Crippen LogP contribution in [0.2, 0.25) is 5.28 Å². The molecule has 0 aliphatic carbocycles. The van der Waals surface area contributed by atoms with Crippen LogP contribution >= 0.6 is 11.6 Å². The van der Waals surface area contributed by atoms with Gasteiger partial charge in [-0.25, -0.2) is 9.97 Å². The number of fused-ring (bicyclic) bond motifs is 1. The molecular formula is C9H12ClN3. The lowest BCUT2D eigenvalue weighted by molar-refractivity contribution is 0.497. The van der Waals surface area contributed by atoms with Crippen molar-refractivity contribution in [1.82, 2.24) is 9.97 Å². The second kappa shape index (κ2) is 2.84. The predicted molar refractivity (Wildman–Crippen MR) is 53.1 cm³/mol. The van der Waals surface area contributed by atoms with Gasteiger partial charge in [0, 0.05) is 17.3 Å². The monoisotopic (exact) mass is 197 g/mol. The minimum atomic E-state index is 0.116. The molecule has 1 aliphatic rings. The zero-order valence-electron chi connectivity index (χ0n) is 7.76. The van der Waals surface area contributed by atoms with Crippen LogP contribution in [0, 0.1) is 0 Å². The molecule has 1 aromatic rings. The summed E-state index contributed by atoms with van der Waals surface area (Å²) in [5.74, 6) is 0.885. The molecule has 0 aromatic carbocycles. The second-order valence-electron chi connectivity index (χ2n) is 4.02. The van der Waals surface area contributed by atoms with Gasteiger partial charge < -0.3 is 5.32 Å². The van der Waals surface area contributed by atoms with Crippen LogP contribution in [0.4, 0.5) is 5.82 Å². The lowest BCUT2D eigenvalue weighted by atomic mass is 9.92. The van der Waals surface area contributed by atoms with Gasteiger partial charge in [0.1, 0.15) is 5.82 Å². The van der Waals surface area contributed by atoms with E-state index in [9.17, 15) is 0 Å². The number of halogens is 1. The van der Waals surface area contributed by atoms with Gasteiger partial charge in [0.15, 0.2) is 0 Å². The Balaban J connectivity index is 2.38. The van der Waals surface area contributed by atoms with E-state index in [0.29, 0.717) is 5.28 Å². The Kier molecular flexibility index (Phi) is 1.91. The third kappa shape index (κ3) is 1.75. The average molecular weight is 198 g/mol. The number of aromatic nitrogens is 2. The van der Waals surface area contributed by atoms with Gasteiger partial charge >= 0.3 is 0 Å². The summed E-state index contributed by atoms with van der Waals surface area (Å²) in [5.41, 5.74) is 1.27. The molecule has 0 spiro atoms. The van der Waals surface area contributed by atoms with Crippen molar-refractivity contribution in [3.05, 3.63) is 17.0 Å². The largest absolute Gasteiger partial charge is 0.365 e. The van der Waals surface area contributed by atoms with Crippen molar-refractivity contribution < 1.29 is 0 Å². The summed E-state index contributed by atoms with van der Waals surface area (Å²) in [5, 5.41) is 3.65. The summed E-state index contributed by atoms with van der Waals surface area (Å²) in [4.78, 5) is 8.11. The van der Waals surface area contributed by atoms with E-state index in [1.807, 2.05) is 0 Å². The normalized spacial score (nSPS) is 19.0. The van der Waals surface area contributed by atoms with E-state index >= 15 is 0 Å². The fourth-order valence-corrected chi connectivity index (χ4v) is 1.64. The van der Waals surface area contributed by atoms with Crippen LogP contribution in [0.1, 0.15) is 25.8 Å². The zero-order chi connectivity index (χ0) is 9.47. The maximum atomic E-state index is 5.71. The number of hydrogen-bond donors (Lipinski definition) is 1. The van der Waals surface area contributed by atoms with Crippen LogP contribution in [0.25, 0.3) is 0 Å². The first-order valence-electron chi connectivity index (χ1n) is 4.36. The molecule has 1 aromatic heterocycles. The molecule has 1 aliphatic heterocycles. The first kappa shape index (κ1) is 8.75. The molecule has 0 atom stereocenters. The Bertz CT molecular complexity index is 336. The molecule has 2 rings (SSSR count). The quantitative estimate of drug-likeness (QED) is 0.649. The molecule has 0 fully saturated rings. The highest BCUT2D eigenvalue weighted by molar-refractivity contribution is 6.28. The Morgan fingerprint density at radius 1 is 1.54 bits per heavy atom. The van der Waals surface area contributed by atoms with E-state index in [0.717, 1.165) is 24.2 Å². The van der Waals surface area contributed by atoms with E-state index in [2.05, 4.69) is 29.1 Å². The van der Waals surface area contributed by atoms with Gasteiger partial charge in [-0.3, -0.25) is 0 Å². The maximum absolute atomic E-state index is 5.71. The lowest BCUT2D eigenvalue weighted by Crippen LogP contribution is -2.35. The Labute approximate surface area is 82.5 Å². The van der Waals surface area contributed by atoms with Gasteiger partial charge in [-0.1, -0.05) is 0 Å². The van der Waals surface area contributed by atoms with Gasteiger partial charge in [0.05, 0.1) is 0 Å². The summed E-state index contributed by atoms with van der Waals surface area (Å²) in [6, 6.07) is 0. The first-order valence-corrected chi connectivity index (χ1v) is 4.74. The molecule has 0 saturated carbocycles. The van der Waals surface area contributed by atoms with Crippen LogP contribution in [-0.4, -0.2) is 15.5 Å². The first-order chi connectivity index (χ1) is 6.07. The Hall–Kier alpha value is -0.830. The minimum Gasteiger partial charge on any atom is -0.365 e. The van der Waals surface area contributed by atoms with E-state index in [1.165, 1.54) is 0 Å². The number of rotatable bonds is 0. The van der Waals surface area contributed by atoms with Crippen molar-refractivity contribution in [2.45, 2.75) is 32.2 Å². The molecule has 0 saturated heterocycles. The van der Waals surface area contributed by atoms with Gasteiger partial charge in [-0.05, 0) is 38.3 Å². The third-order valence-corrected chi connectivity index (χ3v) is 2.49. The van der Waals surface area contributed by atoms with Crippen LogP contribution in [0.15, 0.2) is 6.20 Å². The van der Waals surface area contributed by atoms with E-state index in [4.69, 9.17) is 11.6 Å². The number of nitrogens with zero attached hydrogens (tertiary/aromatic N) is 2. The van der Waals surface area contributed by atoms with Crippen LogP contribution in [0.5, 0.6) is 0 Å². The smallest absolute Gasteiger partial charge is 0.224 e. The molecular weight excluding hydrogens is 186 g/mol. The van der Waals surface area contributed by atoms with Gasteiger partial charge in [0.25, 0.3) is 0 Å². The molecule has 3 nitrogen and oxygen atoms in total. The fraction of sp³-hybridized carbons (Fsp3) is 0.556. The fourth-order valence-electron chi connectivity index (χ4n) is 1.51. The Morgan fingerprint density at radius 2 is 2.31 bits per heavy atom. The highest BCUT2D eigenvalue weighted by Gasteiger charge is 2.25. The molecule has 13 heavy (non-hydrogen) atoms.